The number of hydrogen-bond donors (Lipinski definition) is 1. The summed E-state index contributed by atoms with van der Waals surface area (Å²) in [4.78, 5) is 49.0. The number of rotatable bonds is 6. The van der Waals surface area contributed by atoms with Gasteiger partial charge in [0, 0.05) is 44.8 Å². The average Bonchev–Trinajstić information content (AvgIpc) is 3.07. The van der Waals surface area contributed by atoms with E-state index in [9.17, 15) is 14.4 Å². The number of aromatic nitrogens is 2. The molecular weight excluding hydrogens is 418 g/mol. The van der Waals surface area contributed by atoms with Gasteiger partial charge in [-0.1, -0.05) is 6.07 Å². The molecule has 0 aliphatic carbocycles. The zero-order valence-electron chi connectivity index (χ0n) is 16.7. The summed E-state index contributed by atoms with van der Waals surface area (Å²) in [6.07, 6.45) is 6.42. The van der Waals surface area contributed by atoms with Crippen molar-refractivity contribution in [3.8, 4) is 0 Å². The number of ether oxygens (including phenoxy) is 1. The summed E-state index contributed by atoms with van der Waals surface area (Å²) in [7, 11) is 0. The molecule has 1 N–H and O–H groups in total. The van der Waals surface area contributed by atoms with Crippen LogP contribution in [0.3, 0.4) is 0 Å². The fourth-order valence-corrected chi connectivity index (χ4v) is 4.05. The van der Waals surface area contributed by atoms with E-state index in [0.29, 0.717) is 23.7 Å². The van der Waals surface area contributed by atoms with Crippen LogP contribution < -0.4 is 10.2 Å². The molecule has 160 valence electrons. The molecule has 9 nitrogen and oxygen atoms in total. The first-order chi connectivity index (χ1) is 15.1. The highest BCUT2D eigenvalue weighted by molar-refractivity contribution is 8.18. The Hall–Kier alpha value is -3.24. The maximum absolute atomic E-state index is 12.5. The lowest BCUT2D eigenvalue weighted by Crippen LogP contribution is -2.37. The molecule has 2 fully saturated rings. The number of nitrogens with one attached hydrogen (secondary N) is 1. The maximum Gasteiger partial charge on any atom is 0.293 e. The molecule has 3 amide bonds. The van der Waals surface area contributed by atoms with E-state index in [0.717, 1.165) is 41.1 Å². The first kappa shape index (κ1) is 21.0. The van der Waals surface area contributed by atoms with Gasteiger partial charge in [-0.3, -0.25) is 24.3 Å². The number of amides is 3. The molecule has 0 spiro atoms. The molecular formula is C21H21N5O4S. The number of carbonyl (C=O) groups excluding carboxylic acids is 3. The van der Waals surface area contributed by atoms with Gasteiger partial charge in [0.25, 0.3) is 17.1 Å². The van der Waals surface area contributed by atoms with Gasteiger partial charge in [-0.25, -0.2) is 4.98 Å². The van der Waals surface area contributed by atoms with Gasteiger partial charge in [-0.2, -0.15) is 0 Å². The highest BCUT2D eigenvalue weighted by atomic mass is 32.2. The molecule has 31 heavy (non-hydrogen) atoms. The summed E-state index contributed by atoms with van der Waals surface area (Å²) in [6.45, 7) is 3.12. The molecule has 2 aliphatic rings. The van der Waals surface area contributed by atoms with Crippen LogP contribution in [0.4, 0.5) is 10.6 Å². The number of anilines is 1. The minimum absolute atomic E-state index is 0.0973. The topological polar surface area (TPSA) is 105 Å². The van der Waals surface area contributed by atoms with E-state index < -0.39 is 0 Å². The molecule has 4 heterocycles. The summed E-state index contributed by atoms with van der Waals surface area (Å²) >= 11 is 0.881. The summed E-state index contributed by atoms with van der Waals surface area (Å²) in [5.41, 5.74) is 1.16. The van der Waals surface area contributed by atoms with Crippen molar-refractivity contribution in [1.29, 1.82) is 0 Å². The van der Waals surface area contributed by atoms with E-state index in [1.807, 2.05) is 0 Å². The van der Waals surface area contributed by atoms with Gasteiger partial charge in [0.05, 0.1) is 23.7 Å². The molecule has 0 saturated carbocycles. The zero-order chi connectivity index (χ0) is 21.6. The maximum atomic E-state index is 12.5. The first-order valence-corrected chi connectivity index (χ1v) is 10.7. The van der Waals surface area contributed by atoms with Crippen LogP contribution in [0.2, 0.25) is 0 Å². The van der Waals surface area contributed by atoms with Gasteiger partial charge in [-0.05, 0) is 41.6 Å². The number of hydrogen-bond acceptors (Lipinski definition) is 8. The molecule has 2 saturated heterocycles. The van der Waals surface area contributed by atoms with Gasteiger partial charge in [0.15, 0.2) is 0 Å². The Labute approximate surface area is 183 Å². The Morgan fingerprint density at radius 1 is 1.19 bits per heavy atom. The lowest BCUT2D eigenvalue weighted by atomic mass is 10.2. The van der Waals surface area contributed by atoms with Crippen molar-refractivity contribution in [2.24, 2.45) is 0 Å². The largest absolute Gasteiger partial charge is 0.378 e. The Morgan fingerprint density at radius 2 is 2.03 bits per heavy atom. The summed E-state index contributed by atoms with van der Waals surface area (Å²) < 4.78 is 5.33. The second-order valence-corrected chi connectivity index (χ2v) is 7.87. The van der Waals surface area contributed by atoms with Gasteiger partial charge >= 0.3 is 0 Å². The van der Waals surface area contributed by atoms with Crippen LogP contribution in [0.15, 0.2) is 47.8 Å². The molecule has 0 aromatic carbocycles. The van der Waals surface area contributed by atoms with Crippen molar-refractivity contribution in [2.75, 3.05) is 44.3 Å². The van der Waals surface area contributed by atoms with Crippen LogP contribution in [0.1, 0.15) is 15.9 Å². The van der Waals surface area contributed by atoms with Gasteiger partial charge in [0.2, 0.25) is 0 Å². The van der Waals surface area contributed by atoms with Crippen molar-refractivity contribution in [2.45, 2.75) is 0 Å². The smallest absolute Gasteiger partial charge is 0.293 e. The van der Waals surface area contributed by atoms with E-state index in [2.05, 4.69) is 20.2 Å². The summed E-state index contributed by atoms with van der Waals surface area (Å²) in [5, 5.41) is 2.38. The molecule has 2 aliphatic heterocycles. The molecule has 2 aromatic heterocycles. The monoisotopic (exact) mass is 439 g/mol. The van der Waals surface area contributed by atoms with Crippen LogP contribution >= 0.6 is 11.8 Å². The van der Waals surface area contributed by atoms with E-state index in [4.69, 9.17) is 4.74 Å². The van der Waals surface area contributed by atoms with Crippen molar-refractivity contribution in [3.05, 3.63) is 58.9 Å². The lowest BCUT2D eigenvalue weighted by molar-refractivity contribution is -0.122. The second-order valence-electron chi connectivity index (χ2n) is 6.88. The summed E-state index contributed by atoms with van der Waals surface area (Å²) in [5.74, 6) is 0.126. The quantitative estimate of drug-likeness (QED) is 0.679. The van der Waals surface area contributed by atoms with Crippen LogP contribution in [0.5, 0.6) is 0 Å². The minimum atomic E-state index is -0.371. The second kappa shape index (κ2) is 9.71. The number of carbonyl (C=O) groups is 3. The van der Waals surface area contributed by atoms with E-state index in [1.54, 1.807) is 42.7 Å². The van der Waals surface area contributed by atoms with Crippen LogP contribution in [-0.4, -0.2) is 71.3 Å². The number of imide groups is 1. The van der Waals surface area contributed by atoms with Crippen molar-refractivity contribution >= 4 is 40.7 Å². The number of morpholine rings is 1. The third-order valence-electron chi connectivity index (χ3n) is 4.82. The van der Waals surface area contributed by atoms with Gasteiger partial charge in [-0.15, -0.1) is 0 Å². The highest BCUT2D eigenvalue weighted by Crippen LogP contribution is 2.31. The van der Waals surface area contributed by atoms with Crippen LogP contribution in [0, 0.1) is 0 Å². The Balaban J connectivity index is 1.29. The molecule has 0 atom stereocenters. The van der Waals surface area contributed by atoms with E-state index in [-0.39, 0.29) is 30.1 Å². The molecule has 0 unspecified atom stereocenters. The highest BCUT2D eigenvalue weighted by Gasteiger charge is 2.34. The Bertz CT molecular complexity index is 991. The minimum Gasteiger partial charge on any atom is -0.378 e. The SMILES string of the molecule is O=C(NCCN1C(=O)S/C(=C\c2cccnc2)C1=O)c1ccc(N2CCOCC2)nc1. The first-order valence-electron chi connectivity index (χ1n) is 9.84. The fraction of sp³-hybridized carbons (Fsp3) is 0.286. The predicted octanol–water partition coefficient (Wildman–Crippen LogP) is 1.78. The van der Waals surface area contributed by atoms with Crippen molar-refractivity contribution < 1.29 is 19.1 Å². The van der Waals surface area contributed by atoms with Crippen molar-refractivity contribution in [3.63, 3.8) is 0 Å². The number of thioether (sulfide) groups is 1. The number of nitrogens with zero attached hydrogens (tertiary/aromatic N) is 4. The van der Waals surface area contributed by atoms with Crippen LogP contribution in [0.25, 0.3) is 6.08 Å². The molecule has 10 heteroatoms. The molecule has 2 aromatic rings. The Kier molecular flexibility index (Phi) is 6.58. The molecule has 0 radical (unpaired) electrons. The standard InChI is InChI=1S/C21H21N5O4S/c27-19(16-3-4-18(24-14-16)25-8-10-30-11-9-25)23-6-7-26-20(28)17(31-21(26)29)12-15-2-1-5-22-13-15/h1-5,12-14H,6-11H2,(H,23,27)/b17-12-. The van der Waals surface area contributed by atoms with Gasteiger partial charge in [0.1, 0.15) is 5.82 Å². The third-order valence-corrected chi connectivity index (χ3v) is 5.73. The molecule has 4 rings (SSSR count). The predicted molar refractivity (Wildman–Crippen MR) is 117 cm³/mol. The summed E-state index contributed by atoms with van der Waals surface area (Å²) in [6, 6.07) is 7.08. The Morgan fingerprint density at radius 3 is 2.74 bits per heavy atom. The van der Waals surface area contributed by atoms with Crippen molar-refractivity contribution in [1.82, 2.24) is 20.2 Å². The fourth-order valence-electron chi connectivity index (χ4n) is 3.19. The average molecular weight is 439 g/mol. The van der Waals surface area contributed by atoms with Crippen LogP contribution in [-0.2, 0) is 9.53 Å². The number of pyridine rings is 2. The molecule has 0 bridgehead atoms. The third kappa shape index (κ3) is 5.09. The van der Waals surface area contributed by atoms with E-state index in [1.165, 1.54) is 6.20 Å². The zero-order valence-corrected chi connectivity index (χ0v) is 17.5. The van der Waals surface area contributed by atoms with Gasteiger partial charge < -0.3 is 15.0 Å². The lowest BCUT2D eigenvalue weighted by Gasteiger charge is -2.27. The normalized spacial score (nSPS) is 18.0. The van der Waals surface area contributed by atoms with E-state index >= 15 is 0 Å².